The Morgan fingerprint density at radius 1 is 0.935 bits per heavy atom. The average Bonchev–Trinajstić information content (AvgIpc) is 2.99. The van der Waals surface area contributed by atoms with Gasteiger partial charge in [0.2, 0.25) is 17.7 Å². The molecule has 1 aliphatic carbocycles. The second-order valence-corrected chi connectivity index (χ2v) is 7.84. The molecule has 31 heavy (non-hydrogen) atoms. The van der Waals surface area contributed by atoms with E-state index >= 15 is 0 Å². The lowest BCUT2D eigenvalue weighted by Crippen LogP contribution is -2.38. The molecule has 7 nitrogen and oxygen atoms in total. The number of rotatable bonds is 5. The SMILES string of the molecule is Cc1cccc(NC(=O)c2ccccc2NC(=O)CN2C(=O)C3CC=CCC3C2=O)c1. The third-order valence-electron chi connectivity index (χ3n) is 5.62. The number of carbonyl (C=O) groups is 4. The molecule has 7 heteroatoms. The van der Waals surface area contributed by atoms with Crippen molar-refractivity contribution in [1.82, 2.24) is 4.90 Å². The van der Waals surface area contributed by atoms with Crippen molar-refractivity contribution in [3.05, 3.63) is 71.8 Å². The van der Waals surface area contributed by atoms with Gasteiger partial charge in [-0.3, -0.25) is 24.1 Å². The summed E-state index contributed by atoms with van der Waals surface area (Å²) >= 11 is 0. The maximum absolute atomic E-state index is 12.8. The summed E-state index contributed by atoms with van der Waals surface area (Å²) < 4.78 is 0. The minimum atomic E-state index is -0.524. The highest BCUT2D eigenvalue weighted by atomic mass is 16.2. The zero-order chi connectivity index (χ0) is 22.0. The van der Waals surface area contributed by atoms with Crippen LogP contribution in [0.15, 0.2) is 60.7 Å². The summed E-state index contributed by atoms with van der Waals surface area (Å²) in [6.07, 6.45) is 4.85. The van der Waals surface area contributed by atoms with Crippen LogP contribution in [0.3, 0.4) is 0 Å². The summed E-state index contributed by atoms with van der Waals surface area (Å²) in [4.78, 5) is 51.6. The van der Waals surface area contributed by atoms with Gasteiger partial charge in [0.1, 0.15) is 6.54 Å². The predicted octanol–water partition coefficient (Wildman–Crippen LogP) is 3.14. The molecular formula is C24H23N3O4. The predicted molar refractivity (Wildman–Crippen MR) is 116 cm³/mol. The van der Waals surface area contributed by atoms with Gasteiger partial charge >= 0.3 is 0 Å². The lowest BCUT2D eigenvalue weighted by molar-refractivity contribution is -0.142. The third kappa shape index (κ3) is 4.26. The first-order valence-corrected chi connectivity index (χ1v) is 10.2. The number of hydrogen-bond donors (Lipinski definition) is 2. The van der Waals surface area contributed by atoms with Crippen molar-refractivity contribution in [3.8, 4) is 0 Å². The zero-order valence-electron chi connectivity index (χ0n) is 17.1. The molecule has 4 rings (SSSR count). The van der Waals surface area contributed by atoms with E-state index in [-0.39, 0.29) is 41.7 Å². The largest absolute Gasteiger partial charge is 0.324 e. The number of nitrogens with zero attached hydrogens (tertiary/aromatic N) is 1. The van der Waals surface area contributed by atoms with Crippen molar-refractivity contribution >= 4 is 35.0 Å². The van der Waals surface area contributed by atoms with E-state index in [4.69, 9.17) is 0 Å². The van der Waals surface area contributed by atoms with Crippen LogP contribution in [0.1, 0.15) is 28.8 Å². The number of allylic oxidation sites excluding steroid dienone is 2. The highest BCUT2D eigenvalue weighted by Crippen LogP contribution is 2.34. The van der Waals surface area contributed by atoms with Crippen LogP contribution in [-0.2, 0) is 14.4 Å². The van der Waals surface area contributed by atoms with Crippen molar-refractivity contribution in [3.63, 3.8) is 0 Å². The fourth-order valence-corrected chi connectivity index (χ4v) is 4.07. The second-order valence-electron chi connectivity index (χ2n) is 7.84. The van der Waals surface area contributed by atoms with E-state index < -0.39 is 5.91 Å². The summed E-state index contributed by atoms with van der Waals surface area (Å²) in [5.41, 5.74) is 2.26. The average molecular weight is 417 g/mol. The molecule has 0 aromatic heterocycles. The van der Waals surface area contributed by atoms with Crippen molar-refractivity contribution in [2.45, 2.75) is 19.8 Å². The number of imide groups is 1. The number of carbonyl (C=O) groups excluding carboxylic acids is 4. The van der Waals surface area contributed by atoms with Crippen molar-refractivity contribution in [1.29, 1.82) is 0 Å². The van der Waals surface area contributed by atoms with E-state index in [2.05, 4.69) is 10.6 Å². The van der Waals surface area contributed by atoms with Gasteiger partial charge in [-0.05, 0) is 49.6 Å². The number of amides is 4. The second kappa shape index (κ2) is 8.55. The third-order valence-corrected chi connectivity index (χ3v) is 5.62. The molecule has 2 unspecified atom stereocenters. The van der Waals surface area contributed by atoms with Crippen LogP contribution in [-0.4, -0.2) is 35.1 Å². The first-order valence-electron chi connectivity index (χ1n) is 10.2. The Morgan fingerprint density at radius 3 is 2.29 bits per heavy atom. The first kappa shape index (κ1) is 20.5. The Morgan fingerprint density at radius 2 is 1.61 bits per heavy atom. The van der Waals surface area contributed by atoms with E-state index in [1.54, 1.807) is 30.3 Å². The van der Waals surface area contributed by atoms with Gasteiger partial charge in [-0.2, -0.15) is 0 Å². The number of hydrogen-bond acceptors (Lipinski definition) is 4. The van der Waals surface area contributed by atoms with Crippen LogP contribution in [0.4, 0.5) is 11.4 Å². The van der Waals surface area contributed by atoms with Gasteiger partial charge < -0.3 is 10.6 Å². The molecule has 0 radical (unpaired) electrons. The van der Waals surface area contributed by atoms with E-state index in [0.29, 0.717) is 24.2 Å². The smallest absolute Gasteiger partial charge is 0.257 e. The van der Waals surface area contributed by atoms with Gasteiger partial charge in [0.05, 0.1) is 23.1 Å². The monoisotopic (exact) mass is 417 g/mol. The number of likely N-dealkylation sites (tertiary alicyclic amines) is 1. The first-order chi connectivity index (χ1) is 14.9. The molecule has 2 aromatic rings. The number of fused-ring (bicyclic) bond motifs is 1. The quantitative estimate of drug-likeness (QED) is 0.577. The van der Waals surface area contributed by atoms with Gasteiger partial charge in [0.15, 0.2) is 0 Å². The Bertz CT molecular complexity index is 1070. The lowest BCUT2D eigenvalue weighted by atomic mass is 9.85. The Labute approximate surface area is 180 Å². The topological polar surface area (TPSA) is 95.6 Å². The summed E-state index contributed by atoms with van der Waals surface area (Å²) in [6.45, 7) is 1.56. The minimum absolute atomic E-state index is 0.286. The molecule has 2 aliphatic rings. The van der Waals surface area contributed by atoms with Crippen LogP contribution >= 0.6 is 0 Å². The standard InChI is InChI=1S/C24H23N3O4/c1-15-7-6-8-16(13-15)25-22(29)19-11-4-5-12-20(19)26-21(28)14-27-23(30)17-9-2-3-10-18(17)24(27)31/h2-8,11-13,17-18H,9-10,14H2,1H3,(H,25,29)(H,26,28). The van der Waals surface area contributed by atoms with Crippen LogP contribution < -0.4 is 10.6 Å². The Balaban J connectivity index is 1.45. The highest BCUT2D eigenvalue weighted by Gasteiger charge is 2.47. The summed E-state index contributed by atoms with van der Waals surface area (Å²) in [7, 11) is 0. The molecule has 2 N–H and O–H groups in total. The molecule has 1 heterocycles. The van der Waals surface area contributed by atoms with E-state index in [9.17, 15) is 19.2 Å². The highest BCUT2D eigenvalue weighted by molar-refractivity contribution is 6.12. The van der Waals surface area contributed by atoms with Gasteiger partial charge in [-0.25, -0.2) is 0 Å². The molecule has 0 spiro atoms. The van der Waals surface area contributed by atoms with E-state index in [0.717, 1.165) is 10.5 Å². The number of aryl methyl sites for hydroxylation is 1. The minimum Gasteiger partial charge on any atom is -0.324 e. The summed E-state index contributed by atoms with van der Waals surface area (Å²) in [5, 5.41) is 5.49. The van der Waals surface area contributed by atoms with Gasteiger partial charge in [0, 0.05) is 5.69 Å². The zero-order valence-corrected chi connectivity index (χ0v) is 17.1. The van der Waals surface area contributed by atoms with Crippen LogP contribution in [0, 0.1) is 18.8 Å². The van der Waals surface area contributed by atoms with Crippen LogP contribution in [0.2, 0.25) is 0 Å². The summed E-state index contributed by atoms with van der Waals surface area (Å²) in [5.74, 6) is -2.26. The lowest BCUT2D eigenvalue weighted by Gasteiger charge is -2.16. The van der Waals surface area contributed by atoms with Gasteiger partial charge in [0.25, 0.3) is 5.91 Å². The maximum atomic E-state index is 12.8. The molecular weight excluding hydrogens is 394 g/mol. The number of anilines is 2. The van der Waals surface area contributed by atoms with Crippen molar-refractivity contribution < 1.29 is 19.2 Å². The van der Waals surface area contributed by atoms with Crippen molar-refractivity contribution in [2.75, 3.05) is 17.2 Å². The molecule has 1 aliphatic heterocycles. The van der Waals surface area contributed by atoms with Crippen LogP contribution in [0.5, 0.6) is 0 Å². The molecule has 158 valence electrons. The fourth-order valence-electron chi connectivity index (χ4n) is 4.07. The molecule has 1 saturated heterocycles. The molecule has 2 aromatic carbocycles. The van der Waals surface area contributed by atoms with Crippen LogP contribution in [0.25, 0.3) is 0 Å². The molecule has 0 bridgehead atoms. The number of benzene rings is 2. The number of nitrogens with one attached hydrogen (secondary N) is 2. The molecule has 0 saturated carbocycles. The fraction of sp³-hybridized carbons (Fsp3) is 0.250. The normalized spacial score (nSPS) is 19.8. The Hall–Kier alpha value is -3.74. The van der Waals surface area contributed by atoms with E-state index in [1.807, 2.05) is 37.3 Å². The van der Waals surface area contributed by atoms with Crippen molar-refractivity contribution in [2.24, 2.45) is 11.8 Å². The Kier molecular flexibility index (Phi) is 5.66. The summed E-state index contributed by atoms with van der Waals surface area (Å²) in [6, 6.07) is 14.0. The van der Waals surface area contributed by atoms with Gasteiger partial charge in [-0.1, -0.05) is 36.4 Å². The molecule has 1 fully saturated rings. The molecule has 2 atom stereocenters. The number of para-hydroxylation sites is 1. The van der Waals surface area contributed by atoms with E-state index in [1.165, 1.54) is 0 Å². The van der Waals surface area contributed by atoms with Gasteiger partial charge in [-0.15, -0.1) is 0 Å². The maximum Gasteiger partial charge on any atom is 0.257 e. The molecule has 4 amide bonds.